The molecular weight excluding hydrogens is 278 g/mol. The lowest BCUT2D eigenvalue weighted by molar-refractivity contribution is 0.580. The molecule has 108 valence electrons. The Morgan fingerprint density at radius 1 is 1.40 bits per heavy atom. The first-order chi connectivity index (χ1) is 9.53. The zero-order valence-electron chi connectivity index (χ0n) is 11.2. The molecule has 0 spiro atoms. The van der Waals surface area contributed by atoms with Gasteiger partial charge in [0.1, 0.15) is 12.2 Å². The van der Waals surface area contributed by atoms with E-state index in [4.69, 9.17) is 5.73 Å². The summed E-state index contributed by atoms with van der Waals surface area (Å²) in [6.45, 7) is 0.573. The number of sulfonamides is 1. The summed E-state index contributed by atoms with van der Waals surface area (Å²) in [4.78, 5) is 0.221. The summed E-state index contributed by atoms with van der Waals surface area (Å²) in [5.74, 6) is 0.725. The van der Waals surface area contributed by atoms with Gasteiger partial charge in [0.2, 0.25) is 10.0 Å². The highest BCUT2D eigenvalue weighted by Crippen LogP contribution is 2.11. The highest BCUT2D eigenvalue weighted by atomic mass is 32.2. The van der Waals surface area contributed by atoms with Crippen molar-refractivity contribution in [2.24, 2.45) is 12.8 Å². The second-order valence-electron chi connectivity index (χ2n) is 4.36. The Balaban J connectivity index is 2.02. The quantitative estimate of drug-likeness (QED) is 0.768. The van der Waals surface area contributed by atoms with Crippen LogP contribution in [0.1, 0.15) is 11.4 Å². The number of hydrogen-bond acceptors (Lipinski definition) is 5. The SMILES string of the molecule is Cn1cnnc1CCNS(=O)(=O)c1cccc(CN)c1. The van der Waals surface area contributed by atoms with Crippen molar-refractivity contribution in [3.05, 3.63) is 42.0 Å². The summed E-state index contributed by atoms with van der Waals surface area (Å²) >= 11 is 0. The number of aromatic nitrogens is 3. The Morgan fingerprint density at radius 3 is 2.85 bits per heavy atom. The van der Waals surface area contributed by atoms with Crippen LogP contribution in [0, 0.1) is 0 Å². The largest absolute Gasteiger partial charge is 0.326 e. The summed E-state index contributed by atoms with van der Waals surface area (Å²) in [6.07, 6.45) is 2.06. The molecule has 1 aromatic carbocycles. The molecule has 2 rings (SSSR count). The number of nitrogens with zero attached hydrogens (tertiary/aromatic N) is 3. The van der Waals surface area contributed by atoms with Gasteiger partial charge in [-0.15, -0.1) is 10.2 Å². The summed E-state index contributed by atoms with van der Waals surface area (Å²) in [5.41, 5.74) is 6.29. The summed E-state index contributed by atoms with van der Waals surface area (Å²) in [5, 5.41) is 7.64. The minimum Gasteiger partial charge on any atom is -0.326 e. The van der Waals surface area contributed by atoms with Crippen LogP contribution >= 0.6 is 0 Å². The molecule has 0 fully saturated rings. The standard InChI is InChI=1S/C12H17N5O2S/c1-17-9-14-16-12(17)5-6-15-20(18,19)11-4-2-3-10(7-11)8-13/h2-4,7,9,15H,5-6,8,13H2,1H3. The Morgan fingerprint density at radius 2 is 2.20 bits per heavy atom. The van der Waals surface area contributed by atoms with E-state index in [0.29, 0.717) is 13.0 Å². The molecule has 0 unspecified atom stereocenters. The van der Waals surface area contributed by atoms with Gasteiger partial charge >= 0.3 is 0 Å². The fourth-order valence-corrected chi connectivity index (χ4v) is 2.86. The predicted octanol–water partition coefficient (Wildman–Crippen LogP) is -0.205. The lowest BCUT2D eigenvalue weighted by atomic mass is 10.2. The molecule has 3 N–H and O–H groups in total. The van der Waals surface area contributed by atoms with Gasteiger partial charge in [-0.25, -0.2) is 13.1 Å². The van der Waals surface area contributed by atoms with E-state index in [0.717, 1.165) is 11.4 Å². The van der Waals surface area contributed by atoms with E-state index >= 15 is 0 Å². The van der Waals surface area contributed by atoms with Gasteiger partial charge in [0.15, 0.2) is 0 Å². The maximum atomic E-state index is 12.1. The van der Waals surface area contributed by atoms with Crippen LogP contribution in [-0.4, -0.2) is 29.7 Å². The zero-order valence-corrected chi connectivity index (χ0v) is 12.0. The van der Waals surface area contributed by atoms with E-state index in [-0.39, 0.29) is 11.4 Å². The number of nitrogens with one attached hydrogen (secondary N) is 1. The topological polar surface area (TPSA) is 103 Å². The molecular formula is C12H17N5O2S. The van der Waals surface area contributed by atoms with Crippen LogP contribution in [0.2, 0.25) is 0 Å². The first kappa shape index (κ1) is 14.6. The average Bonchev–Trinajstić information content (AvgIpc) is 2.84. The van der Waals surface area contributed by atoms with E-state index < -0.39 is 10.0 Å². The molecule has 0 aliphatic rings. The molecule has 0 bridgehead atoms. The zero-order chi connectivity index (χ0) is 14.6. The van der Waals surface area contributed by atoms with Crippen LogP contribution < -0.4 is 10.5 Å². The number of aryl methyl sites for hydroxylation is 1. The Hall–Kier alpha value is -1.77. The van der Waals surface area contributed by atoms with E-state index in [2.05, 4.69) is 14.9 Å². The minimum absolute atomic E-state index is 0.221. The lowest BCUT2D eigenvalue weighted by Crippen LogP contribution is -2.26. The molecule has 0 aliphatic carbocycles. The van der Waals surface area contributed by atoms with Crippen molar-refractivity contribution in [3.8, 4) is 0 Å². The van der Waals surface area contributed by atoms with Crippen LogP contribution in [0.3, 0.4) is 0 Å². The van der Waals surface area contributed by atoms with Crippen LogP contribution in [0.25, 0.3) is 0 Å². The Labute approximate surface area is 117 Å². The smallest absolute Gasteiger partial charge is 0.240 e. The summed E-state index contributed by atoms with van der Waals surface area (Å²) in [6, 6.07) is 6.59. The van der Waals surface area contributed by atoms with Crippen molar-refractivity contribution in [1.29, 1.82) is 0 Å². The number of nitrogens with two attached hydrogens (primary N) is 1. The van der Waals surface area contributed by atoms with Gasteiger partial charge in [0.25, 0.3) is 0 Å². The highest BCUT2D eigenvalue weighted by Gasteiger charge is 2.14. The van der Waals surface area contributed by atoms with E-state index in [1.54, 1.807) is 35.2 Å². The first-order valence-electron chi connectivity index (χ1n) is 6.14. The van der Waals surface area contributed by atoms with E-state index in [1.807, 2.05) is 7.05 Å². The van der Waals surface area contributed by atoms with E-state index in [9.17, 15) is 8.42 Å². The van der Waals surface area contributed by atoms with Gasteiger partial charge in [0, 0.05) is 26.6 Å². The van der Waals surface area contributed by atoms with Gasteiger partial charge < -0.3 is 10.3 Å². The summed E-state index contributed by atoms with van der Waals surface area (Å²) in [7, 11) is -1.71. The van der Waals surface area contributed by atoms with Crippen molar-refractivity contribution in [3.63, 3.8) is 0 Å². The molecule has 0 saturated carbocycles. The monoisotopic (exact) mass is 295 g/mol. The van der Waals surface area contributed by atoms with E-state index in [1.165, 1.54) is 0 Å². The number of hydrogen-bond donors (Lipinski definition) is 2. The molecule has 2 aromatic rings. The molecule has 8 heteroatoms. The van der Waals surface area contributed by atoms with Gasteiger partial charge in [-0.2, -0.15) is 0 Å². The Bertz CT molecular complexity index is 681. The van der Waals surface area contributed by atoms with Crippen molar-refractivity contribution in [2.45, 2.75) is 17.9 Å². The normalized spacial score (nSPS) is 11.7. The minimum atomic E-state index is -3.52. The maximum Gasteiger partial charge on any atom is 0.240 e. The molecule has 0 atom stereocenters. The van der Waals surface area contributed by atoms with Crippen LogP contribution in [0.5, 0.6) is 0 Å². The maximum absolute atomic E-state index is 12.1. The van der Waals surface area contributed by atoms with Crippen molar-refractivity contribution in [1.82, 2.24) is 19.5 Å². The predicted molar refractivity (Wildman–Crippen MR) is 74.2 cm³/mol. The lowest BCUT2D eigenvalue weighted by Gasteiger charge is -2.07. The molecule has 0 saturated heterocycles. The first-order valence-corrected chi connectivity index (χ1v) is 7.63. The number of benzene rings is 1. The van der Waals surface area contributed by atoms with Crippen molar-refractivity contribution < 1.29 is 8.42 Å². The average molecular weight is 295 g/mol. The third kappa shape index (κ3) is 3.41. The molecule has 1 aromatic heterocycles. The summed E-state index contributed by atoms with van der Waals surface area (Å²) < 4.78 is 28.5. The molecule has 0 aliphatic heterocycles. The van der Waals surface area contributed by atoms with Crippen molar-refractivity contribution in [2.75, 3.05) is 6.54 Å². The van der Waals surface area contributed by atoms with Gasteiger partial charge in [-0.3, -0.25) is 0 Å². The second-order valence-corrected chi connectivity index (χ2v) is 6.12. The van der Waals surface area contributed by atoms with Crippen LogP contribution in [0.4, 0.5) is 0 Å². The molecule has 0 amide bonds. The molecule has 7 nitrogen and oxygen atoms in total. The van der Waals surface area contributed by atoms with Gasteiger partial charge in [-0.05, 0) is 17.7 Å². The third-order valence-electron chi connectivity index (χ3n) is 2.89. The van der Waals surface area contributed by atoms with Crippen molar-refractivity contribution >= 4 is 10.0 Å². The van der Waals surface area contributed by atoms with Gasteiger partial charge in [-0.1, -0.05) is 12.1 Å². The fraction of sp³-hybridized carbons (Fsp3) is 0.333. The Kier molecular flexibility index (Phi) is 4.48. The van der Waals surface area contributed by atoms with Crippen LogP contribution in [0.15, 0.2) is 35.5 Å². The molecule has 20 heavy (non-hydrogen) atoms. The van der Waals surface area contributed by atoms with Gasteiger partial charge in [0.05, 0.1) is 4.90 Å². The highest BCUT2D eigenvalue weighted by molar-refractivity contribution is 7.89. The third-order valence-corrected chi connectivity index (χ3v) is 4.35. The second kappa shape index (κ2) is 6.12. The van der Waals surface area contributed by atoms with Crippen LogP contribution in [-0.2, 0) is 30.0 Å². The molecule has 1 heterocycles. The number of rotatable bonds is 6. The molecule has 0 radical (unpaired) electrons. The fourth-order valence-electron chi connectivity index (χ4n) is 1.75.